The predicted octanol–water partition coefficient (Wildman–Crippen LogP) is -0.0497. The maximum atomic E-state index is 10.5. The number of amides is 1. The number of nitrogen functional groups attached to an aromatic ring is 1. The van der Waals surface area contributed by atoms with E-state index in [0.717, 1.165) is 0 Å². The minimum absolute atomic E-state index is 0.159. The van der Waals surface area contributed by atoms with Crippen LogP contribution in [0.2, 0.25) is 0 Å². The largest absolute Gasteiger partial charge is 0.380 e. The molecule has 0 atom stereocenters. The summed E-state index contributed by atoms with van der Waals surface area (Å²) in [5, 5.41) is 8.62. The van der Waals surface area contributed by atoms with E-state index in [1.807, 2.05) is 0 Å². The van der Waals surface area contributed by atoms with E-state index in [0.29, 0.717) is 11.5 Å². The number of aromatic amines is 1. The van der Waals surface area contributed by atoms with Crippen molar-refractivity contribution in [1.82, 2.24) is 10.2 Å². The van der Waals surface area contributed by atoms with Crippen molar-refractivity contribution in [1.29, 1.82) is 0 Å². The van der Waals surface area contributed by atoms with E-state index in [-0.39, 0.29) is 5.91 Å². The van der Waals surface area contributed by atoms with Gasteiger partial charge in [0.15, 0.2) is 5.82 Å². The van der Waals surface area contributed by atoms with Gasteiger partial charge in [0.2, 0.25) is 5.91 Å². The number of nitrogens with one attached hydrogen (secondary N) is 2. The summed E-state index contributed by atoms with van der Waals surface area (Å²) in [4.78, 5) is 10.5. The topological polar surface area (TPSA) is 83.8 Å². The van der Waals surface area contributed by atoms with Crippen molar-refractivity contribution in [2.75, 3.05) is 11.1 Å². The Kier molecular flexibility index (Phi) is 1.57. The SMILES string of the molecule is CC(=O)Nc1c[nH]nc1N. The molecule has 10 heavy (non-hydrogen) atoms. The van der Waals surface area contributed by atoms with Gasteiger partial charge in [-0.2, -0.15) is 5.10 Å². The molecule has 0 aliphatic rings. The van der Waals surface area contributed by atoms with Crippen LogP contribution in [-0.4, -0.2) is 16.1 Å². The molecule has 0 aromatic carbocycles. The van der Waals surface area contributed by atoms with Gasteiger partial charge in [-0.15, -0.1) is 0 Å². The summed E-state index contributed by atoms with van der Waals surface area (Å²) in [5.74, 6) is 0.142. The highest BCUT2D eigenvalue weighted by Crippen LogP contribution is 2.11. The van der Waals surface area contributed by atoms with Crippen LogP contribution in [0, 0.1) is 0 Å². The molecule has 1 aromatic rings. The Morgan fingerprint density at radius 2 is 2.60 bits per heavy atom. The van der Waals surface area contributed by atoms with Crippen LogP contribution >= 0.6 is 0 Å². The molecule has 0 unspecified atom stereocenters. The van der Waals surface area contributed by atoms with Crippen LogP contribution in [-0.2, 0) is 4.79 Å². The van der Waals surface area contributed by atoms with Crippen molar-refractivity contribution < 1.29 is 4.79 Å². The molecule has 0 saturated carbocycles. The number of hydrogen-bond acceptors (Lipinski definition) is 3. The summed E-state index contributed by atoms with van der Waals surface area (Å²) in [6.45, 7) is 1.41. The summed E-state index contributed by atoms with van der Waals surface area (Å²) in [7, 11) is 0. The van der Waals surface area contributed by atoms with Gasteiger partial charge in [0.25, 0.3) is 0 Å². The molecule has 1 rings (SSSR count). The van der Waals surface area contributed by atoms with Gasteiger partial charge in [0, 0.05) is 13.1 Å². The first kappa shape index (κ1) is 6.60. The van der Waals surface area contributed by atoms with E-state index in [4.69, 9.17) is 5.73 Å². The zero-order valence-electron chi connectivity index (χ0n) is 5.51. The quantitative estimate of drug-likeness (QED) is 0.511. The lowest BCUT2D eigenvalue weighted by molar-refractivity contribution is -0.114. The fourth-order valence-electron chi connectivity index (χ4n) is 0.590. The van der Waals surface area contributed by atoms with E-state index in [1.54, 1.807) is 0 Å². The van der Waals surface area contributed by atoms with E-state index in [1.165, 1.54) is 13.1 Å². The molecule has 0 aliphatic carbocycles. The lowest BCUT2D eigenvalue weighted by Crippen LogP contribution is -2.06. The van der Waals surface area contributed by atoms with Crippen molar-refractivity contribution >= 4 is 17.4 Å². The van der Waals surface area contributed by atoms with Gasteiger partial charge >= 0.3 is 0 Å². The molecule has 0 bridgehead atoms. The Balaban J connectivity index is 2.74. The molecule has 4 N–H and O–H groups in total. The summed E-state index contributed by atoms with van der Waals surface area (Å²) in [6, 6.07) is 0. The number of anilines is 2. The highest BCUT2D eigenvalue weighted by Gasteiger charge is 2.00. The van der Waals surface area contributed by atoms with E-state index >= 15 is 0 Å². The second kappa shape index (κ2) is 2.38. The highest BCUT2D eigenvalue weighted by molar-refractivity contribution is 5.91. The van der Waals surface area contributed by atoms with Crippen molar-refractivity contribution in [3.8, 4) is 0 Å². The number of hydrogen-bond donors (Lipinski definition) is 3. The average molecular weight is 140 g/mol. The number of rotatable bonds is 1. The number of nitrogens with zero attached hydrogens (tertiary/aromatic N) is 1. The minimum Gasteiger partial charge on any atom is -0.380 e. The van der Waals surface area contributed by atoms with Crippen LogP contribution in [0.5, 0.6) is 0 Å². The molecule has 0 aliphatic heterocycles. The molecule has 0 spiro atoms. The number of aromatic nitrogens is 2. The van der Waals surface area contributed by atoms with Crippen molar-refractivity contribution in [3.63, 3.8) is 0 Å². The van der Waals surface area contributed by atoms with Gasteiger partial charge < -0.3 is 11.1 Å². The third-order valence-electron chi connectivity index (χ3n) is 0.981. The molecule has 1 heterocycles. The van der Waals surface area contributed by atoms with Gasteiger partial charge in [0.1, 0.15) is 5.69 Å². The van der Waals surface area contributed by atoms with Crippen molar-refractivity contribution in [2.24, 2.45) is 0 Å². The number of nitrogens with two attached hydrogens (primary N) is 1. The second-order valence-electron chi connectivity index (χ2n) is 1.87. The lowest BCUT2D eigenvalue weighted by Gasteiger charge is -1.95. The van der Waals surface area contributed by atoms with Gasteiger partial charge in [-0.3, -0.25) is 9.89 Å². The maximum Gasteiger partial charge on any atom is 0.221 e. The molecule has 1 amide bonds. The average Bonchev–Trinajstić information content (AvgIpc) is 2.15. The van der Waals surface area contributed by atoms with E-state index in [2.05, 4.69) is 15.5 Å². The first-order valence-electron chi connectivity index (χ1n) is 2.77. The fraction of sp³-hybridized carbons (Fsp3) is 0.200. The molecular weight excluding hydrogens is 132 g/mol. The monoisotopic (exact) mass is 140 g/mol. The zero-order chi connectivity index (χ0) is 7.56. The Morgan fingerprint density at radius 3 is 3.00 bits per heavy atom. The Bertz CT molecular complexity index is 242. The fourth-order valence-corrected chi connectivity index (χ4v) is 0.590. The zero-order valence-corrected chi connectivity index (χ0v) is 5.51. The van der Waals surface area contributed by atoms with E-state index in [9.17, 15) is 4.79 Å². The minimum atomic E-state index is -0.159. The van der Waals surface area contributed by atoms with Crippen LogP contribution in [0.1, 0.15) is 6.92 Å². The molecule has 5 heteroatoms. The molecule has 5 nitrogen and oxygen atoms in total. The molecule has 54 valence electrons. The van der Waals surface area contributed by atoms with Crippen LogP contribution in [0.3, 0.4) is 0 Å². The number of H-pyrrole nitrogens is 1. The van der Waals surface area contributed by atoms with Gasteiger partial charge in [-0.1, -0.05) is 0 Å². The molecule has 0 radical (unpaired) electrons. The predicted molar refractivity (Wildman–Crippen MR) is 37.3 cm³/mol. The van der Waals surface area contributed by atoms with Gasteiger partial charge in [-0.25, -0.2) is 0 Å². The highest BCUT2D eigenvalue weighted by atomic mass is 16.1. The Hall–Kier alpha value is -1.52. The van der Waals surface area contributed by atoms with Crippen LogP contribution in [0.4, 0.5) is 11.5 Å². The maximum absolute atomic E-state index is 10.5. The lowest BCUT2D eigenvalue weighted by atomic mass is 10.5. The van der Waals surface area contributed by atoms with Gasteiger partial charge in [-0.05, 0) is 0 Å². The summed E-state index contributed by atoms with van der Waals surface area (Å²) < 4.78 is 0. The van der Waals surface area contributed by atoms with Crippen LogP contribution in [0.15, 0.2) is 6.20 Å². The molecule has 0 fully saturated rings. The third kappa shape index (κ3) is 1.25. The van der Waals surface area contributed by atoms with Crippen molar-refractivity contribution in [2.45, 2.75) is 6.92 Å². The van der Waals surface area contributed by atoms with Crippen molar-refractivity contribution in [3.05, 3.63) is 6.20 Å². The van der Waals surface area contributed by atoms with E-state index < -0.39 is 0 Å². The third-order valence-corrected chi connectivity index (χ3v) is 0.981. The number of carbonyl (C=O) groups excluding carboxylic acids is 1. The normalized spacial score (nSPS) is 9.30. The molecule has 1 aromatic heterocycles. The molecular formula is C5H8N4O. The first-order chi connectivity index (χ1) is 4.70. The summed E-state index contributed by atoms with van der Waals surface area (Å²) in [5.41, 5.74) is 5.85. The smallest absolute Gasteiger partial charge is 0.221 e. The Morgan fingerprint density at radius 1 is 1.90 bits per heavy atom. The summed E-state index contributed by atoms with van der Waals surface area (Å²) >= 11 is 0. The van der Waals surface area contributed by atoms with Crippen LogP contribution in [0.25, 0.3) is 0 Å². The second-order valence-corrected chi connectivity index (χ2v) is 1.87. The standard InChI is InChI=1S/C5H8N4O/c1-3(10)8-4-2-7-9-5(4)6/h2H,1H3,(H,8,10)(H3,6,7,9). The summed E-state index contributed by atoms with van der Waals surface area (Å²) in [6.07, 6.45) is 1.52. The van der Waals surface area contributed by atoms with Gasteiger partial charge in [0.05, 0.1) is 0 Å². The number of carbonyl (C=O) groups is 1. The molecule has 0 saturated heterocycles. The Labute approximate surface area is 57.6 Å². The first-order valence-corrected chi connectivity index (χ1v) is 2.77. The van der Waals surface area contributed by atoms with Crippen LogP contribution < -0.4 is 11.1 Å².